The van der Waals surface area contributed by atoms with Gasteiger partial charge in [0.05, 0.1) is 61.0 Å². The standard InChI is InChI=1S/C43H50N4O14/c1-21-16-22(17-25-40(21)61-41-42(58-3)59-15-14-46(25)41)60-27-19-43(56,28(20-48)44-45-29(49)10-5-4-6-13-47-30(50)11-12-31(47)51)18-24-33(27)39(55)35-34(37(24)53)36(52)23-8-7-9-26(57-2)32(23)38(35)54/h7-9,11-12,21-22,25,27,40-42,48,53,55-56H,4-6,10,13-20H2,1-3H3,(H,45,49)/b44-28+/t21-,22-,25+,27+,40-,41-,42+,43+/m1/s1. The van der Waals surface area contributed by atoms with E-state index >= 15 is 0 Å². The smallest absolute Gasteiger partial charge is 0.253 e. The number of fused-ring (bicyclic) bond motifs is 6. The first-order valence-electron chi connectivity index (χ1n) is 20.6. The molecule has 61 heavy (non-hydrogen) atoms. The Morgan fingerprint density at radius 2 is 1.75 bits per heavy atom. The van der Waals surface area contributed by atoms with Crippen LogP contribution in [0.5, 0.6) is 17.2 Å². The van der Waals surface area contributed by atoms with Gasteiger partial charge in [-0.1, -0.05) is 25.5 Å². The summed E-state index contributed by atoms with van der Waals surface area (Å²) in [5.41, 5.74) is -1.00. The fraction of sp³-hybridized carbons (Fsp3) is 0.535. The lowest BCUT2D eigenvalue weighted by atomic mass is 9.71. The molecule has 0 radical (unpaired) electrons. The van der Waals surface area contributed by atoms with Crippen molar-refractivity contribution in [2.45, 2.75) is 101 Å². The molecule has 8 rings (SSSR count). The number of phenols is 2. The van der Waals surface area contributed by atoms with Crippen molar-refractivity contribution in [3.63, 3.8) is 0 Å². The number of hydrogen-bond donors (Lipinski definition) is 5. The Balaban J connectivity index is 1.08. The number of aliphatic hydroxyl groups excluding tert-OH is 1. The number of amides is 3. The molecule has 3 aliphatic heterocycles. The van der Waals surface area contributed by atoms with E-state index in [-0.39, 0.29) is 83.0 Å². The number of carbonyl (C=O) groups is 5. The molecule has 3 aliphatic carbocycles. The van der Waals surface area contributed by atoms with E-state index in [1.807, 2.05) is 6.92 Å². The van der Waals surface area contributed by atoms with Crippen molar-refractivity contribution in [1.82, 2.24) is 15.2 Å². The number of methoxy groups -OCH3 is 2. The number of morpholine rings is 1. The maximum absolute atomic E-state index is 14.2. The van der Waals surface area contributed by atoms with Crippen LogP contribution in [0.3, 0.4) is 0 Å². The number of rotatable bonds is 13. The number of hydrazone groups is 1. The Morgan fingerprint density at radius 3 is 2.48 bits per heavy atom. The first-order valence-corrected chi connectivity index (χ1v) is 20.6. The quantitative estimate of drug-likeness (QED) is 0.0541. The van der Waals surface area contributed by atoms with Crippen molar-refractivity contribution in [1.29, 1.82) is 0 Å². The number of imide groups is 1. The SMILES string of the molecule is COc1cccc2c1C(=O)c1c(O)c3c(c(O)c1C2=O)C[C@@](O)(/C(CO)=N/NC(=O)CCCCCN1C(=O)C=CC1=O)C[C@@H]3O[C@@H]1C[C@@H](C)[C@H]2O[C@@H]3[C@@H](OC)OCCN3[C@H]2C1. The number of nitrogens with one attached hydrogen (secondary N) is 1. The van der Waals surface area contributed by atoms with Gasteiger partial charge in [-0.25, -0.2) is 5.43 Å². The van der Waals surface area contributed by atoms with Crippen molar-refractivity contribution in [3.8, 4) is 17.2 Å². The van der Waals surface area contributed by atoms with Gasteiger partial charge < -0.3 is 44.1 Å². The number of benzene rings is 2. The van der Waals surface area contributed by atoms with E-state index in [1.54, 1.807) is 7.11 Å². The van der Waals surface area contributed by atoms with Crippen LogP contribution in [0.1, 0.15) is 101 Å². The predicted molar refractivity (Wildman–Crippen MR) is 212 cm³/mol. The third kappa shape index (κ3) is 7.53. The number of ether oxygens (including phenoxy) is 5. The van der Waals surface area contributed by atoms with Crippen LogP contribution in [-0.2, 0) is 39.8 Å². The molecule has 2 saturated heterocycles. The van der Waals surface area contributed by atoms with E-state index in [2.05, 4.69) is 15.4 Å². The number of phenolic OH excluding ortho intramolecular Hbond substituents is 2. The third-order valence-electron chi connectivity index (χ3n) is 12.8. The first kappa shape index (κ1) is 42.6. The van der Waals surface area contributed by atoms with E-state index < -0.39 is 83.5 Å². The van der Waals surface area contributed by atoms with Crippen LogP contribution in [0, 0.1) is 5.92 Å². The minimum absolute atomic E-state index is 0.0102. The summed E-state index contributed by atoms with van der Waals surface area (Å²) in [7, 11) is 2.91. The highest BCUT2D eigenvalue weighted by Crippen LogP contribution is 2.53. The summed E-state index contributed by atoms with van der Waals surface area (Å²) in [4.78, 5) is 68.1. The summed E-state index contributed by atoms with van der Waals surface area (Å²) in [6.45, 7) is 2.47. The fourth-order valence-electron chi connectivity index (χ4n) is 9.91. The lowest BCUT2D eigenvalue weighted by Crippen LogP contribution is -2.54. The second-order valence-electron chi connectivity index (χ2n) is 16.5. The molecular weight excluding hydrogens is 796 g/mol. The van der Waals surface area contributed by atoms with Gasteiger partial charge in [0.1, 0.15) is 22.8 Å². The Bertz CT molecular complexity index is 2190. The number of hydrogen-bond acceptors (Lipinski definition) is 16. The minimum atomic E-state index is -2.09. The number of aromatic hydroxyl groups is 2. The minimum Gasteiger partial charge on any atom is -0.507 e. The normalized spacial score (nSPS) is 29.6. The van der Waals surface area contributed by atoms with Crippen molar-refractivity contribution in [2.24, 2.45) is 11.0 Å². The first-order chi connectivity index (χ1) is 29.3. The van der Waals surface area contributed by atoms with Gasteiger partial charge in [0, 0.05) is 74.3 Å². The molecule has 326 valence electrons. The molecule has 3 heterocycles. The van der Waals surface area contributed by atoms with Crippen LogP contribution < -0.4 is 10.2 Å². The van der Waals surface area contributed by atoms with Gasteiger partial charge in [-0.3, -0.25) is 33.8 Å². The number of unbranched alkanes of at least 4 members (excludes halogenated alkanes) is 2. The zero-order chi connectivity index (χ0) is 43.3. The molecule has 0 aromatic heterocycles. The Hall–Kier alpha value is -5.08. The molecule has 0 unspecified atom stereocenters. The lowest BCUT2D eigenvalue weighted by Gasteiger charge is -2.44. The maximum atomic E-state index is 14.2. The predicted octanol–water partition coefficient (Wildman–Crippen LogP) is 1.76. The molecule has 2 aromatic rings. The highest BCUT2D eigenvalue weighted by molar-refractivity contribution is 6.31. The third-order valence-corrected chi connectivity index (χ3v) is 12.8. The molecule has 0 bridgehead atoms. The Labute approximate surface area is 351 Å². The van der Waals surface area contributed by atoms with Gasteiger partial charge in [0.2, 0.25) is 11.7 Å². The number of aliphatic hydroxyl groups is 2. The molecule has 2 aromatic carbocycles. The monoisotopic (exact) mass is 846 g/mol. The van der Waals surface area contributed by atoms with Crippen LogP contribution in [-0.4, -0.2) is 142 Å². The maximum Gasteiger partial charge on any atom is 0.253 e. The van der Waals surface area contributed by atoms with Gasteiger partial charge in [-0.05, 0) is 37.7 Å². The molecule has 1 saturated carbocycles. The molecule has 8 atom stereocenters. The van der Waals surface area contributed by atoms with Crippen molar-refractivity contribution in [2.75, 3.05) is 40.5 Å². The second-order valence-corrected chi connectivity index (χ2v) is 16.5. The van der Waals surface area contributed by atoms with Crippen molar-refractivity contribution < 1.29 is 68.1 Å². The van der Waals surface area contributed by atoms with Crippen molar-refractivity contribution in [3.05, 3.63) is 63.7 Å². The summed E-state index contributed by atoms with van der Waals surface area (Å²) < 4.78 is 30.1. The molecule has 18 nitrogen and oxygen atoms in total. The zero-order valence-electron chi connectivity index (χ0n) is 34.1. The van der Waals surface area contributed by atoms with E-state index in [9.17, 15) is 44.4 Å². The van der Waals surface area contributed by atoms with Gasteiger partial charge >= 0.3 is 0 Å². The number of carbonyl (C=O) groups excluding carboxylic acids is 5. The van der Waals surface area contributed by atoms with Crippen LogP contribution >= 0.6 is 0 Å². The molecule has 0 spiro atoms. The average molecular weight is 847 g/mol. The highest BCUT2D eigenvalue weighted by Gasteiger charge is 2.54. The molecule has 3 amide bonds. The van der Waals surface area contributed by atoms with Crippen LogP contribution in [0.15, 0.2) is 35.5 Å². The van der Waals surface area contributed by atoms with E-state index in [1.165, 1.54) is 37.5 Å². The Morgan fingerprint density at radius 1 is 1.00 bits per heavy atom. The lowest BCUT2D eigenvalue weighted by molar-refractivity contribution is -0.245. The topological polar surface area (TPSA) is 243 Å². The van der Waals surface area contributed by atoms with E-state index in [0.29, 0.717) is 45.3 Å². The number of nitrogens with zero attached hydrogens (tertiary/aromatic N) is 3. The molecule has 18 heteroatoms. The van der Waals surface area contributed by atoms with Crippen LogP contribution in [0.4, 0.5) is 0 Å². The second kappa shape index (κ2) is 17.0. The zero-order valence-corrected chi connectivity index (χ0v) is 34.1. The average Bonchev–Trinajstić information content (AvgIpc) is 3.79. The van der Waals surface area contributed by atoms with E-state index in [4.69, 9.17) is 23.7 Å². The summed E-state index contributed by atoms with van der Waals surface area (Å²) in [6, 6.07) is 4.37. The molecular formula is C43H50N4O14. The fourth-order valence-corrected chi connectivity index (χ4v) is 9.91. The summed E-state index contributed by atoms with van der Waals surface area (Å²) in [5.74, 6) is -3.90. The summed E-state index contributed by atoms with van der Waals surface area (Å²) in [6.07, 6.45) is 1.16. The van der Waals surface area contributed by atoms with Gasteiger partial charge in [-0.2, -0.15) is 5.10 Å². The van der Waals surface area contributed by atoms with Gasteiger partial charge in [0.25, 0.3) is 11.8 Å². The van der Waals surface area contributed by atoms with Crippen LogP contribution in [0.25, 0.3) is 0 Å². The van der Waals surface area contributed by atoms with Gasteiger partial charge in [0.15, 0.2) is 18.3 Å². The van der Waals surface area contributed by atoms with Crippen LogP contribution in [0.2, 0.25) is 0 Å². The van der Waals surface area contributed by atoms with Gasteiger partial charge in [-0.15, -0.1) is 0 Å². The molecule has 5 N–H and O–H groups in total. The van der Waals surface area contributed by atoms with Crippen molar-refractivity contribution >= 4 is 35.0 Å². The molecule has 3 fully saturated rings. The summed E-state index contributed by atoms with van der Waals surface area (Å²) in [5, 5.41) is 51.4. The largest absolute Gasteiger partial charge is 0.507 e. The Kier molecular flexibility index (Phi) is 11.9. The van der Waals surface area contributed by atoms with E-state index in [0.717, 1.165) is 4.90 Å². The molecule has 6 aliphatic rings. The highest BCUT2D eigenvalue weighted by atomic mass is 16.7. The summed E-state index contributed by atoms with van der Waals surface area (Å²) >= 11 is 0. The number of ketones is 2.